The molecule has 20 heavy (non-hydrogen) atoms. The van der Waals surface area contributed by atoms with Crippen LogP contribution in [0.15, 0.2) is 24.3 Å². The molecule has 2 rings (SSSR count). The summed E-state index contributed by atoms with van der Waals surface area (Å²) in [6.07, 6.45) is 2.01. The lowest BCUT2D eigenvalue weighted by Gasteiger charge is -2.19. The second kappa shape index (κ2) is 6.13. The number of halogens is 3. The average molecular weight is 335 g/mol. The summed E-state index contributed by atoms with van der Waals surface area (Å²) in [7, 11) is 0. The molecule has 0 bridgehead atoms. The number of nitrogens with two attached hydrogens (primary N) is 1. The number of amides is 1. The van der Waals surface area contributed by atoms with Crippen molar-refractivity contribution in [3.05, 3.63) is 34.9 Å². The molecule has 0 heterocycles. The Morgan fingerprint density at radius 2 is 2.10 bits per heavy atom. The number of primary amides is 1. The maximum atomic E-state index is 11.8. The maximum absolute atomic E-state index is 11.8. The molecule has 0 spiro atoms. The molecule has 3 atom stereocenters. The van der Waals surface area contributed by atoms with Gasteiger partial charge in [0.05, 0.1) is 5.41 Å². The Morgan fingerprint density at radius 3 is 2.65 bits per heavy atom. The van der Waals surface area contributed by atoms with E-state index < -0.39 is 10.3 Å². The fourth-order valence-electron chi connectivity index (χ4n) is 3.11. The van der Waals surface area contributed by atoms with E-state index in [0.717, 1.165) is 17.0 Å². The second-order valence-electron chi connectivity index (χ2n) is 5.57. The van der Waals surface area contributed by atoms with E-state index in [1.54, 1.807) is 0 Å². The predicted molar refractivity (Wildman–Crippen MR) is 84.3 cm³/mol. The zero-order chi connectivity index (χ0) is 14.9. The van der Waals surface area contributed by atoms with Crippen LogP contribution < -0.4 is 5.73 Å². The molecule has 1 amide bonds. The van der Waals surface area contributed by atoms with E-state index in [2.05, 4.69) is 6.92 Å². The third-order valence-electron chi connectivity index (χ3n) is 4.43. The topological polar surface area (TPSA) is 43.1 Å². The van der Waals surface area contributed by atoms with Gasteiger partial charge in [-0.2, -0.15) is 0 Å². The molecule has 1 saturated carbocycles. The number of hydrogen-bond donors (Lipinski definition) is 1. The van der Waals surface area contributed by atoms with E-state index in [1.807, 2.05) is 24.3 Å². The molecule has 0 aromatic heterocycles. The van der Waals surface area contributed by atoms with Gasteiger partial charge in [-0.1, -0.05) is 36.7 Å². The van der Waals surface area contributed by atoms with Gasteiger partial charge in [-0.25, -0.2) is 0 Å². The lowest BCUT2D eigenvalue weighted by atomic mass is 9.87. The van der Waals surface area contributed by atoms with Crippen LogP contribution in [0.3, 0.4) is 0 Å². The molecule has 0 aliphatic heterocycles. The summed E-state index contributed by atoms with van der Waals surface area (Å²) in [4.78, 5) is 11.4. The monoisotopic (exact) mass is 333 g/mol. The van der Waals surface area contributed by atoms with Gasteiger partial charge in [0.1, 0.15) is 4.84 Å². The summed E-state index contributed by atoms with van der Waals surface area (Å²) in [6, 6.07) is 7.73. The Balaban J connectivity index is 2.14. The summed E-state index contributed by atoms with van der Waals surface area (Å²) >= 11 is 17.8. The van der Waals surface area contributed by atoms with Crippen molar-refractivity contribution in [1.29, 1.82) is 0 Å². The van der Waals surface area contributed by atoms with E-state index in [1.165, 1.54) is 0 Å². The first-order valence-electron chi connectivity index (χ1n) is 6.71. The van der Waals surface area contributed by atoms with Crippen LogP contribution in [0.2, 0.25) is 5.02 Å². The first kappa shape index (κ1) is 15.9. The summed E-state index contributed by atoms with van der Waals surface area (Å²) in [5, 5.41) is 0.734. The van der Waals surface area contributed by atoms with Crippen molar-refractivity contribution >= 4 is 40.7 Å². The van der Waals surface area contributed by atoms with Gasteiger partial charge in [0, 0.05) is 5.02 Å². The quantitative estimate of drug-likeness (QED) is 0.764. The highest BCUT2D eigenvalue weighted by atomic mass is 35.5. The summed E-state index contributed by atoms with van der Waals surface area (Å²) in [5.74, 6) is 0.155. The van der Waals surface area contributed by atoms with Crippen LogP contribution >= 0.6 is 34.8 Å². The Morgan fingerprint density at radius 1 is 1.45 bits per heavy atom. The molecule has 110 valence electrons. The molecule has 3 unspecified atom stereocenters. The number of hydrogen-bond acceptors (Lipinski definition) is 1. The highest BCUT2D eigenvalue weighted by Gasteiger charge is 2.60. The van der Waals surface area contributed by atoms with Gasteiger partial charge in [0.15, 0.2) is 0 Å². The van der Waals surface area contributed by atoms with Gasteiger partial charge in [-0.3, -0.25) is 4.79 Å². The minimum atomic E-state index is -0.472. The molecule has 1 aromatic carbocycles. The number of carbonyl (C=O) groups is 1. The summed E-state index contributed by atoms with van der Waals surface area (Å²) < 4.78 is 0. The molecule has 1 fully saturated rings. The fourth-order valence-corrected chi connectivity index (χ4v) is 3.64. The fraction of sp³-hybridized carbons (Fsp3) is 0.533. The van der Waals surface area contributed by atoms with Crippen LogP contribution in [0, 0.1) is 11.3 Å². The van der Waals surface area contributed by atoms with E-state index in [4.69, 9.17) is 40.5 Å². The van der Waals surface area contributed by atoms with Crippen molar-refractivity contribution < 1.29 is 4.79 Å². The number of benzene rings is 1. The third-order valence-corrected chi connectivity index (χ3v) is 5.21. The van der Waals surface area contributed by atoms with Gasteiger partial charge in [0.2, 0.25) is 5.91 Å². The van der Waals surface area contributed by atoms with Crippen LogP contribution in [0.1, 0.15) is 37.7 Å². The SMILES string of the molecule is CC(c1ccccc1Cl)C1CC1(CCC(Cl)Cl)C(N)=O. The molecular formula is C15H18Cl3NO. The van der Waals surface area contributed by atoms with Crippen LogP contribution in [0.5, 0.6) is 0 Å². The first-order chi connectivity index (χ1) is 9.38. The summed E-state index contributed by atoms with van der Waals surface area (Å²) in [5.41, 5.74) is 6.20. The molecule has 2 N–H and O–H groups in total. The van der Waals surface area contributed by atoms with E-state index >= 15 is 0 Å². The smallest absolute Gasteiger partial charge is 0.223 e. The molecule has 1 aliphatic carbocycles. The van der Waals surface area contributed by atoms with E-state index in [0.29, 0.717) is 12.8 Å². The van der Waals surface area contributed by atoms with Crippen molar-refractivity contribution in [2.24, 2.45) is 17.1 Å². The van der Waals surface area contributed by atoms with Gasteiger partial charge >= 0.3 is 0 Å². The normalized spacial score (nSPS) is 26.6. The minimum Gasteiger partial charge on any atom is -0.369 e. The highest BCUT2D eigenvalue weighted by molar-refractivity contribution is 6.44. The third kappa shape index (κ3) is 3.08. The van der Waals surface area contributed by atoms with Crippen molar-refractivity contribution in [3.63, 3.8) is 0 Å². The number of alkyl halides is 2. The standard InChI is InChI=1S/C15H18Cl3NO/c1-9(10-4-2-3-5-12(10)16)11-8-15(11,14(19)20)7-6-13(17)18/h2-5,9,11,13H,6-8H2,1H3,(H2,19,20). The molecule has 5 heteroatoms. The molecule has 0 saturated heterocycles. The molecule has 1 aliphatic rings. The lowest BCUT2D eigenvalue weighted by molar-refractivity contribution is -0.124. The highest BCUT2D eigenvalue weighted by Crippen LogP contribution is 2.62. The van der Waals surface area contributed by atoms with Gasteiger partial charge < -0.3 is 5.73 Å². The van der Waals surface area contributed by atoms with Gasteiger partial charge in [0.25, 0.3) is 0 Å². The zero-order valence-electron chi connectivity index (χ0n) is 11.3. The van der Waals surface area contributed by atoms with Crippen LogP contribution in [0.25, 0.3) is 0 Å². The molecule has 0 radical (unpaired) electrons. The van der Waals surface area contributed by atoms with Gasteiger partial charge in [-0.15, -0.1) is 23.2 Å². The van der Waals surface area contributed by atoms with Crippen LogP contribution in [-0.2, 0) is 4.79 Å². The predicted octanol–water partition coefficient (Wildman–Crippen LogP) is 4.52. The Hall–Kier alpha value is -0.440. The van der Waals surface area contributed by atoms with Gasteiger partial charge in [-0.05, 0) is 42.7 Å². The van der Waals surface area contributed by atoms with E-state index in [9.17, 15) is 4.79 Å². The van der Waals surface area contributed by atoms with Crippen molar-refractivity contribution in [2.75, 3.05) is 0 Å². The average Bonchev–Trinajstić information content (AvgIpc) is 3.12. The molecular weight excluding hydrogens is 317 g/mol. The minimum absolute atomic E-state index is 0.195. The largest absolute Gasteiger partial charge is 0.369 e. The van der Waals surface area contributed by atoms with Crippen molar-refractivity contribution in [3.8, 4) is 0 Å². The Bertz CT molecular complexity index is 506. The molecule has 2 nitrogen and oxygen atoms in total. The van der Waals surface area contributed by atoms with Crippen molar-refractivity contribution in [2.45, 2.75) is 36.9 Å². The number of carbonyl (C=O) groups excluding carboxylic acids is 1. The zero-order valence-corrected chi connectivity index (χ0v) is 13.6. The Labute approximate surface area is 134 Å². The number of rotatable bonds is 6. The van der Waals surface area contributed by atoms with E-state index in [-0.39, 0.29) is 17.7 Å². The van der Waals surface area contributed by atoms with Crippen LogP contribution in [0.4, 0.5) is 0 Å². The van der Waals surface area contributed by atoms with Crippen LogP contribution in [-0.4, -0.2) is 10.7 Å². The van der Waals surface area contributed by atoms with Crippen molar-refractivity contribution in [1.82, 2.24) is 0 Å². The Kier molecular flexibility index (Phi) is 4.88. The maximum Gasteiger partial charge on any atom is 0.223 e. The lowest BCUT2D eigenvalue weighted by Crippen LogP contribution is -2.28. The first-order valence-corrected chi connectivity index (χ1v) is 7.96. The second-order valence-corrected chi connectivity index (χ2v) is 7.26. The summed E-state index contributed by atoms with van der Waals surface area (Å²) in [6.45, 7) is 2.09. The molecule has 1 aromatic rings.